The standard InChI is InChI=1S/C36H30N4/c1-38-33-17-9-15-28(20-33)30-21-34(26-12-6-3-7-13-26)40-36(23-30)35-22-29(27-14-8-16-32(37)19-27)18-31(24-39-35)25-10-4-2-5-11-25/h2-23,38H,24,37H2,1H3. The molecule has 40 heavy (non-hydrogen) atoms. The lowest BCUT2D eigenvalue weighted by atomic mass is 9.97. The minimum atomic E-state index is 0.545. The first-order chi connectivity index (χ1) is 19.7. The van der Waals surface area contributed by atoms with Gasteiger partial charge in [0.25, 0.3) is 0 Å². The van der Waals surface area contributed by atoms with Gasteiger partial charge in [-0.1, -0.05) is 84.9 Å². The molecule has 1 aliphatic rings. The summed E-state index contributed by atoms with van der Waals surface area (Å²) in [4.78, 5) is 10.3. The summed E-state index contributed by atoms with van der Waals surface area (Å²) in [5, 5.41) is 3.25. The van der Waals surface area contributed by atoms with Crippen LogP contribution in [-0.2, 0) is 0 Å². The molecule has 6 rings (SSSR count). The summed E-state index contributed by atoms with van der Waals surface area (Å²) in [6.45, 7) is 0.545. The Balaban J connectivity index is 1.53. The van der Waals surface area contributed by atoms with Gasteiger partial charge >= 0.3 is 0 Å². The van der Waals surface area contributed by atoms with Gasteiger partial charge in [-0.2, -0.15) is 0 Å². The van der Waals surface area contributed by atoms with Crippen molar-refractivity contribution in [2.75, 3.05) is 24.6 Å². The van der Waals surface area contributed by atoms with E-state index in [0.717, 1.165) is 67.4 Å². The summed E-state index contributed by atoms with van der Waals surface area (Å²) in [5.74, 6) is 0. The number of aromatic nitrogens is 1. The Hall–Kier alpha value is -5.22. The van der Waals surface area contributed by atoms with Gasteiger partial charge in [-0.15, -0.1) is 0 Å². The highest BCUT2D eigenvalue weighted by Crippen LogP contribution is 2.31. The van der Waals surface area contributed by atoms with Crippen LogP contribution in [0.2, 0.25) is 0 Å². The van der Waals surface area contributed by atoms with Crippen molar-refractivity contribution in [3.63, 3.8) is 0 Å². The van der Waals surface area contributed by atoms with Gasteiger partial charge in [0, 0.05) is 24.0 Å². The van der Waals surface area contributed by atoms with Gasteiger partial charge in [0.2, 0.25) is 0 Å². The van der Waals surface area contributed by atoms with Crippen LogP contribution in [0.25, 0.3) is 33.5 Å². The van der Waals surface area contributed by atoms with Crippen LogP contribution in [0.4, 0.5) is 11.4 Å². The van der Waals surface area contributed by atoms with Crippen molar-refractivity contribution in [3.05, 3.63) is 150 Å². The number of nitrogens with two attached hydrogens (primary N) is 1. The van der Waals surface area contributed by atoms with Crippen molar-refractivity contribution < 1.29 is 0 Å². The van der Waals surface area contributed by atoms with E-state index in [-0.39, 0.29) is 0 Å². The molecule has 0 radical (unpaired) electrons. The summed E-state index contributed by atoms with van der Waals surface area (Å²) >= 11 is 0. The van der Waals surface area contributed by atoms with Crippen LogP contribution in [0.3, 0.4) is 0 Å². The summed E-state index contributed by atoms with van der Waals surface area (Å²) in [6.07, 6.45) is 4.36. The molecule has 5 aromatic rings. The van der Waals surface area contributed by atoms with Gasteiger partial charge in [-0.3, -0.25) is 4.99 Å². The second-order valence-electron chi connectivity index (χ2n) is 9.79. The Bertz CT molecular complexity index is 1750. The molecule has 0 fully saturated rings. The number of nitrogens with zero attached hydrogens (tertiary/aromatic N) is 2. The first kappa shape index (κ1) is 25.1. The predicted molar refractivity (Wildman–Crippen MR) is 169 cm³/mol. The second kappa shape index (κ2) is 11.3. The molecule has 2 heterocycles. The average molecular weight is 519 g/mol. The normalized spacial score (nSPS) is 13.1. The van der Waals surface area contributed by atoms with Gasteiger partial charge in [0.15, 0.2) is 0 Å². The fourth-order valence-electron chi connectivity index (χ4n) is 4.94. The summed E-state index contributed by atoms with van der Waals surface area (Å²) in [6, 6.07) is 41.4. The van der Waals surface area contributed by atoms with Gasteiger partial charge in [-0.05, 0) is 82.0 Å². The van der Waals surface area contributed by atoms with Gasteiger partial charge in [-0.25, -0.2) is 4.98 Å². The van der Waals surface area contributed by atoms with E-state index in [1.54, 1.807) is 0 Å². The molecule has 1 aliphatic heterocycles. The summed E-state index contributed by atoms with van der Waals surface area (Å²) < 4.78 is 0. The van der Waals surface area contributed by atoms with E-state index in [1.807, 2.05) is 49.5 Å². The monoisotopic (exact) mass is 518 g/mol. The molecule has 0 aliphatic carbocycles. The molecule has 0 spiro atoms. The molecule has 0 amide bonds. The van der Waals surface area contributed by atoms with Crippen molar-refractivity contribution in [1.82, 2.24) is 4.98 Å². The number of anilines is 2. The van der Waals surface area contributed by atoms with Crippen molar-refractivity contribution in [2.24, 2.45) is 4.99 Å². The molecular formula is C36H30N4. The van der Waals surface area contributed by atoms with Crippen LogP contribution in [0, 0.1) is 0 Å². The first-order valence-electron chi connectivity index (χ1n) is 13.4. The SMILES string of the molecule is CNc1cccc(-c2cc(C3=NCC(c4ccccc4)=CC(c4cccc(N)c4)=C3)nc(-c3ccccc3)c2)c1. The predicted octanol–water partition coefficient (Wildman–Crippen LogP) is 8.01. The van der Waals surface area contributed by atoms with Crippen LogP contribution in [0.5, 0.6) is 0 Å². The lowest BCUT2D eigenvalue weighted by Gasteiger charge is -2.12. The molecule has 0 atom stereocenters. The smallest absolute Gasteiger partial charge is 0.0895 e. The molecule has 0 saturated carbocycles. The van der Waals surface area contributed by atoms with E-state index < -0.39 is 0 Å². The number of rotatable bonds is 6. The van der Waals surface area contributed by atoms with Gasteiger partial charge in [0.1, 0.15) is 0 Å². The third kappa shape index (κ3) is 5.47. The van der Waals surface area contributed by atoms with Crippen molar-refractivity contribution >= 4 is 28.2 Å². The number of nitrogen functional groups attached to an aromatic ring is 1. The Labute approximate surface area is 235 Å². The zero-order valence-electron chi connectivity index (χ0n) is 22.4. The average Bonchev–Trinajstić information content (AvgIpc) is 3.25. The van der Waals surface area contributed by atoms with Crippen LogP contribution in [0.1, 0.15) is 16.8 Å². The van der Waals surface area contributed by atoms with E-state index in [0.29, 0.717) is 6.54 Å². The maximum Gasteiger partial charge on any atom is 0.0895 e. The van der Waals surface area contributed by atoms with Crippen LogP contribution >= 0.6 is 0 Å². The van der Waals surface area contributed by atoms with Crippen molar-refractivity contribution in [3.8, 4) is 22.4 Å². The zero-order chi connectivity index (χ0) is 27.3. The first-order valence-corrected chi connectivity index (χ1v) is 13.4. The van der Waals surface area contributed by atoms with Gasteiger partial charge < -0.3 is 11.1 Å². The fourth-order valence-corrected chi connectivity index (χ4v) is 4.94. The Kier molecular flexibility index (Phi) is 7.06. The number of hydrogen-bond donors (Lipinski definition) is 2. The number of aliphatic imine (C=N–C) groups is 1. The number of allylic oxidation sites excluding steroid dienone is 3. The highest BCUT2D eigenvalue weighted by atomic mass is 14.8. The number of benzene rings is 4. The maximum atomic E-state index is 6.19. The van der Waals surface area contributed by atoms with E-state index in [4.69, 9.17) is 15.7 Å². The summed E-state index contributed by atoms with van der Waals surface area (Å²) in [5.41, 5.74) is 18.2. The van der Waals surface area contributed by atoms with E-state index in [9.17, 15) is 0 Å². The van der Waals surface area contributed by atoms with Crippen molar-refractivity contribution in [1.29, 1.82) is 0 Å². The largest absolute Gasteiger partial charge is 0.399 e. The summed E-state index contributed by atoms with van der Waals surface area (Å²) in [7, 11) is 1.94. The molecular weight excluding hydrogens is 488 g/mol. The molecule has 0 saturated heterocycles. The van der Waals surface area contributed by atoms with Crippen LogP contribution in [0.15, 0.2) is 138 Å². The number of pyridine rings is 1. The quantitative estimate of drug-likeness (QED) is 0.224. The molecule has 0 bridgehead atoms. The van der Waals surface area contributed by atoms with Crippen LogP contribution in [-0.4, -0.2) is 24.3 Å². The van der Waals surface area contributed by atoms with E-state index in [2.05, 4.69) is 96.3 Å². The Morgan fingerprint density at radius 3 is 2.02 bits per heavy atom. The molecule has 3 N–H and O–H groups in total. The minimum Gasteiger partial charge on any atom is -0.399 e. The number of hydrogen-bond acceptors (Lipinski definition) is 4. The van der Waals surface area contributed by atoms with Gasteiger partial charge in [0.05, 0.1) is 23.6 Å². The Morgan fingerprint density at radius 2 is 1.27 bits per heavy atom. The molecule has 194 valence electrons. The molecule has 0 unspecified atom stereocenters. The maximum absolute atomic E-state index is 6.19. The van der Waals surface area contributed by atoms with Crippen molar-refractivity contribution in [2.45, 2.75) is 0 Å². The molecule has 4 heteroatoms. The zero-order valence-corrected chi connectivity index (χ0v) is 22.4. The third-order valence-electron chi connectivity index (χ3n) is 7.05. The highest BCUT2D eigenvalue weighted by Gasteiger charge is 2.16. The van der Waals surface area contributed by atoms with Crippen LogP contribution < -0.4 is 11.1 Å². The fraction of sp³-hybridized carbons (Fsp3) is 0.0556. The minimum absolute atomic E-state index is 0.545. The molecule has 4 aromatic carbocycles. The van der Waals surface area contributed by atoms with E-state index >= 15 is 0 Å². The second-order valence-corrected chi connectivity index (χ2v) is 9.79. The van der Waals surface area contributed by atoms with E-state index in [1.165, 1.54) is 0 Å². The molecule has 1 aromatic heterocycles. The third-order valence-corrected chi connectivity index (χ3v) is 7.05. The number of nitrogens with one attached hydrogen (secondary N) is 1. The lowest BCUT2D eigenvalue weighted by molar-refractivity contribution is 1.23. The molecule has 4 nitrogen and oxygen atoms in total. The topological polar surface area (TPSA) is 63.3 Å². The lowest BCUT2D eigenvalue weighted by Crippen LogP contribution is -2.04. The highest BCUT2D eigenvalue weighted by molar-refractivity contribution is 6.14. The Morgan fingerprint density at radius 1 is 0.600 bits per heavy atom.